The summed E-state index contributed by atoms with van der Waals surface area (Å²) in [7, 11) is -1.83. The van der Waals surface area contributed by atoms with E-state index in [-0.39, 0.29) is 12.2 Å². The first-order chi connectivity index (χ1) is 22.7. The molecule has 228 valence electrons. The first-order valence-electron chi connectivity index (χ1n) is 16.1. The van der Waals surface area contributed by atoms with Crippen LogP contribution in [0.5, 0.6) is 11.5 Å². The number of hydrogen-bond donors (Lipinski definition) is 0. The molecule has 1 aliphatic heterocycles. The monoisotopic (exact) mass is 636 g/mol. The molecule has 6 aromatic carbocycles. The lowest BCUT2D eigenvalue weighted by Gasteiger charge is -2.31. The molecular weight excluding hydrogens is 598 g/mol. The third kappa shape index (κ3) is 6.39. The number of benzene rings is 6. The lowest BCUT2D eigenvalue weighted by molar-refractivity contribution is 0.159. The molecule has 46 heavy (non-hydrogen) atoms. The Bertz CT molecular complexity index is 1660. The largest absolute Gasteiger partial charge is 0.490 e. The van der Waals surface area contributed by atoms with E-state index in [0.717, 1.165) is 35.5 Å². The van der Waals surface area contributed by atoms with Gasteiger partial charge in [0.15, 0.2) is 0 Å². The molecule has 0 saturated carbocycles. The van der Waals surface area contributed by atoms with E-state index >= 15 is 0 Å². The van der Waals surface area contributed by atoms with Gasteiger partial charge in [0.25, 0.3) is 0 Å². The van der Waals surface area contributed by atoms with Crippen LogP contribution in [0.3, 0.4) is 0 Å². The molecule has 1 aliphatic rings. The maximum Gasteiger partial charge on any atom is 0.128 e. The van der Waals surface area contributed by atoms with E-state index in [4.69, 9.17) is 9.47 Å². The molecule has 0 aromatic heterocycles. The zero-order chi connectivity index (χ0) is 31.3. The first kappa shape index (κ1) is 30.4. The number of fused-ring (bicyclic) bond motifs is 3. The summed E-state index contributed by atoms with van der Waals surface area (Å²) in [6.45, 7) is 4.38. The van der Waals surface area contributed by atoms with Crippen molar-refractivity contribution in [1.82, 2.24) is 0 Å². The first-order valence-corrected chi connectivity index (χ1v) is 18.8. The molecule has 0 radical (unpaired) electrons. The molecule has 0 unspecified atom stereocenters. The van der Waals surface area contributed by atoms with Crippen LogP contribution in [-0.4, -0.2) is 12.2 Å². The van der Waals surface area contributed by atoms with Crippen LogP contribution in [0.1, 0.15) is 26.7 Å². The van der Waals surface area contributed by atoms with Gasteiger partial charge < -0.3 is 9.47 Å². The molecule has 0 amide bonds. The van der Waals surface area contributed by atoms with Gasteiger partial charge in [-0.25, -0.2) is 0 Å². The van der Waals surface area contributed by atoms with Crippen LogP contribution < -0.4 is 41.3 Å². The third-order valence-corrected chi connectivity index (χ3v) is 13.4. The Hall–Kier alpha value is -4.22. The van der Waals surface area contributed by atoms with Crippen molar-refractivity contribution in [3.05, 3.63) is 158 Å². The zero-order valence-corrected chi connectivity index (χ0v) is 28.1. The molecule has 1 heterocycles. The van der Waals surface area contributed by atoms with Crippen molar-refractivity contribution in [3.63, 3.8) is 0 Å². The van der Waals surface area contributed by atoms with E-state index in [1.54, 1.807) is 0 Å². The van der Waals surface area contributed by atoms with E-state index in [2.05, 4.69) is 172 Å². The summed E-state index contributed by atoms with van der Waals surface area (Å²) in [5.41, 5.74) is 2.29. The summed E-state index contributed by atoms with van der Waals surface area (Å²) in [5, 5.41) is 7.79. The molecule has 0 bridgehead atoms. The SMILES string of the molecule is C[C@@H]1CC[C@@H](C)Oc2cccc(P(c3ccccc3)c3ccccc3)c2-c2c(cccc2P(c2ccccc2)c2ccccc2)O1. The van der Waals surface area contributed by atoms with Crippen LogP contribution >= 0.6 is 15.8 Å². The molecule has 0 N–H and O–H groups in total. The minimum absolute atomic E-state index is 0.0539. The fourth-order valence-electron chi connectivity index (χ4n) is 6.29. The van der Waals surface area contributed by atoms with Crippen LogP contribution in [0.15, 0.2) is 158 Å². The molecule has 0 spiro atoms. The second kappa shape index (κ2) is 14.0. The van der Waals surface area contributed by atoms with Gasteiger partial charge in [0, 0.05) is 11.1 Å². The fraction of sp³-hybridized carbons (Fsp3) is 0.143. The second-order valence-electron chi connectivity index (χ2n) is 11.7. The minimum atomic E-state index is -0.915. The molecular formula is C42H38O2P2. The van der Waals surface area contributed by atoms with Crippen molar-refractivity contribution in [1.29, 1.82) is 0 Å². The van der Waals surface area contributed by atoms with Crippen molar-refractivity contribution in [2.75, 3.05) is 0 Å². The maximum atomic E-state index is 6.95. The molecule has 0 saturated heterocycles. The van der Waals surface area contributed by atoms with Crippen molar-refractivity contribution in [2.45, 2.75) is 38.9 Å². The van der Waals surface area contributed by atoms with Crippen molar-refractivity contribution in [2.24, 2.45) is 0 Å². The quantitative estimate of drug-likeness (QED) is 0.172. The van der Waals surface area contributed by atoms with Crippen molar-refractivity contribution < 1.29 is 9.47 Å². The molecule has 2 nitrogen and oxygen atoms in total. The highest BCUT2D eigenvalue weighted by molar-refractivity contribution is 7.80. The zero-order valence-electron chi connectivity index (χ0n) is 26.3. The predicted octanol–water partition coefficient (Wildman–Crippen LogP) is 8.20. The Morgan fingerprint density at radius 3 is 1.00 bits per heavy atom. The summed E-state index contributed by atoms with van der Waals surface area (Å²) < 4.78 is 13.9. The van der Waals surface area contributed by atoms with Crippen molar-refractivity contribution in [3.8, 4) is 22.6 Å². The van der Waals surface area contributed by atoms with E-state index in [0.29, 0.717) is 0 Å². The lowest BCUT2D eigenvalue weighted by Crippen LogP contribution is -2.28. The average molecular weight is 637 g/mol. The van der Waals surface area contributed by atoms with Crippen LogP contribution in [0.4, 0.5) is 0 Å². The second-order valence-corrected chi connectivity index (χ2v) is 16.1. The van der Waals surface area contributed by atoms with Crippen LogP contribution in [0, 0.1) is 0 Å². The van der Waals surface area contributed by atoms with Crippen molar-refractivity contribution >= 4 is 47.7 Å². The minimum Gasteiger partial charge on any atom is -0.490 e. The van der Waals surface area contributed by atoms with Gasteiger partial charge in [-0.05, 0) is 86.5 Å². The Balaban J connectivity index is 1.58. The van der Waals surface area contributed by atoms with Gasteiger partial charge in [0.1, 0.15) is 11.5 Å². The maximum absolute atomic E-state index is 6.95. The summed E-state index contributed by atoms with van der Waals surface area (Å²) in [4.78, 5) is 0. The highest BCUT2D eigenvalue weighted by Gasteiger charge is 2.31. The molecule has 7 rings (SSSR count). The van der Waals surface area contributed by atoms with E-state index in [1.165, 1.54) is 31.8 Å². The van der Waals surface area contributed by atoms with Gasteiger partial charge in [-0.3, -0.25) is 0 Å². The van der Waals surface area contributed by atoms with Gasteiger partial charge in [0.05, 0.1) is 12.2 Å². The summed E-state index contributed by atoms with van der Waals surface area (Å²) >= 11 is 0. The van der Waals surface area contributed by atoms with Gasteiger partial charge in [-0.1, -0.05) is 146 Å². The lowest BCUT2D eigenvalue weighted by atomic mass is 10.0. The molecule has 4 heteroatoms. The van der Waals surface area contributed by atoms with Crippen LogP contribution in [0.25, 0.3) is 11.1 Å². The van der Waals surface area contributed by atoms with Crippen LogP contribution in [0.2, 0.25) is 0 Å². The standard InChI is InChI=1S/C42H38O2P2/c1-31-29-30-32(2)44-38-26-16-28-40(46(35-21-11-5-12-22-35)36-23-13-6-14-24-36)42(38)41-37(43-31)25-15-27-39(41)45(33-17-7-3-8-18-33)34-19-9-4-10-20-34/h3-28,31-32H,29-30H2,1-2H3/t31-,32-/m1/s1. The number of rotatable bonds is 6. The highest BCUT2D eigenvalue weighted by Crippen LogP contribution is 2.47. The summed E-state index contributed by atoms with van der Waals surface area (Å²) in [5.74, 6) is 1.85. The Kier molecular flexibility index (Phi) is 9.29. The summed E-state index contributed by atoms with van der Waals surface area (Å²) in [6, 6.07) is 57.2. The molecule has 2 atom stereocenters. The highest BCUT2D eigenvalue weighted by atomic mass is 31.1. The smallest absolute Gasteiger partial charge is 0.128 e. The van der Waals surface area contributed by atoms with E-state index < -0.39 is 15.8 Å². The number of hydrogen-bond acceptors (Lipinski definition) is 2. The molecule has 0 fully saturated rings. The fourth-order valence-corrected chi connectivity index (χ4v) is 11.2. The summed E-state index contributed by atoms with van der Waals surface area (Å²) in [6.07, 6.45) is 1.95. The molecule has 0 aliphatic carbocycles. The van der Waals surface area contributed by atoms with E-state index in [9.17, 15) is 0 Å². The van der Waals surface area contributed by atoms with Crippen LogP contribution in [-0.2, 0) is 0 Å². The topological polar surface area (TPSA) is 18.5 Å². The van der Waals surface area contributed by atoms with Gasteiger partial charge in [-0.15, -0.1) is 0 Å². The van der Waals surface area contributed by atoms with Gasteiger partial charge in [0.2, 0.25) is 0 Å². The number of ether oxygens (including phenoxy) is 2. The Morgan fingerprint density at radius 1 is 0.391 bits per heavy atom. The Labute approximate surface area is 275 Å². The molecule has 6 aromatic rings. The van der Waals surface area contributed by atoms with Gasteiger partial charge >= 0.3 is 0 Å². The Morgan fingerprint density at radius 2 is 0.696 bits per heavy atom. The normalized spacial score (nSPS) is 16.2. The average Bonchev–Trinajstić information content (AvgIpc) is 3.10. The third-order valence-electron chi connectivity index (χ3n) is 8.43. The van der Waals surface area contributed by atoms with Gasteiger partial charge in [-0.2, -0.15) is 0 Å². The van der Waals surface area contributed by atoms with E-state index in [1.807, 2.05) is 0 Å². The predicted molar refractivity (Wildman–Crippen MR) is 199 cm³/mol.